The number of nitrogens with zero attached hydrogens (tertiary/aromatic N) is 1. The Labute approximate surface area is 183 Å². The molecule has 1 aromatic carbocycles. The highest BCUT2D eigenvalue weighted by Gasteiger charge is 2.61. The molecule has 30 heavy (non-hydrogen) atoms. The van der Waals surface area contributed by atoms with E-state index in [1.54, 1.807) is 12.5 Å². The molecule has 1 aliphatic carbocycles. The number of hydrogen-bond donors (Lipinski definition) is 0. The first kappa shape index (κ1) is 24.5. The molecule has 3 nitrogen and oxygen atoms in total. The average molecular weight is 412 g/mol. The van der Waals surface area contributed by atoms with Crippen LogP contribution in [0.1, 0.15) is 72.4 Å². The molecular formula is C27H41NO2. The number of aryl methyl sites for hydroxylation is 1. The summed E-state index contributed by atoms with van der Waals surface area (Å²) in [7, 11) is 0. The summed E-state index contributed by atoms with van der Waals surface area (Å²) in [4.78, 5) is 23.8. The normalized spacial score (nSPS) is 31.9. The SMILES string of the molecule is CC.CC=O.CCC1=C(C)C2CC3N(CC2C(C)=O)CC(C)C13c1ccccc1C. The van der Waals surface area contributed by atoms with Crippen LogP contribution in [0.25, 0.3) is 0 Å². The Morgan fingerprint density at radius 2 is 1.80 bits per heavy atom. The molecule has 2 fully saturated rings. The molecule has 2 aliphatic heterocycles. The van der Waals surface area contributed by atoms with Crippen LogP contribution in [0.2, 0.25) is 0 Å². The van der Waals surface area contributed by atoms with Gasteiger partial charge in [0.1, 0.15) is 12.1 Å². The van der Waals surface area contributed by atoms with Crippen molar-refractivity contribution in [2.75, 3.05) is 13.1 Å². The molecule has 3 aliphatic rings. The first-order valence-corrected chi connectivity index (χ1v) is 11.7. The summed E-state index contributed by atoms with van der Waals surface area (Å²) in [5.41, 5.74) is 6.25. The Morgan fingerprint density at radius 3 is 2.33 bits per heavy atom. The number of hydrogen-bond acceptors (Lipinski definition) is 3. The van der Waals surface area contributed by atoms with Crippen molar-refractivity contribution in [3.8, 4) is 0 Å². The van der Waals surface area contributed by atoms with Crippen LogP contribution in [0.5, 0.6) is 0 Å². The summed E-state index contributed by atoms with van der Waals surface area (Å²) in [5, 5.41) is 0. The van der Waals surface area contributed by atoms with Gasteiger partial charge in [-0.1, -0.05) is 63.1 Å². The molecule has 2 heterocycles. The Balaban J connectivity index is 0.000000590. The number of ketones is 1. The average Bonchev–Trinajstić information content (AvgIpc) is 3.03. The summed E-state index contributed by atoms with van der Waals surface area (Å²) in [5.74, 6) is 1.62. The molecule has 4 rings (SSSR count). The number of carbonyl (C=O) groups excluding carboxylic acids is 2. The zero-order valence-corrected chi connectivity index (χ0v) is 20.3. The van der Waals surface area contributed by atoms with Gasteiger partial charge < -0.3 is 4.79 Å². The maximum absolute atomic E-state index is 12.4. The van der Waals surface area contributed by atoms with Crippen LogP contribution in [-0.4, -0.2) is 36.1 Å². The van der Waals surface area contributed by atoms with Crippen LogP contribution in [-0.2, 0) is 15.0 Å². The van der Waals surface area contributed by atoms with E-state index in [2.05, 4.69) is 56.9 Å². The number of benzene rings is 1. The van der Waals surface area contributed by atoms with Crippen molar-refractivity contribution in [3.63, 3.8) is 0 Å². The van der Waals surface area contributed by atoms with Gasteiger partial charge in [-0.25, -0.2) is 0 Å². The predicted molar refractivity (Wildman–Crippen MR) is 126 cm³/mol. The van der Waals surface area contributed by atoms with Crippen molar-refractivity contribution >= 4 is 12.1 Å². The maximum Gasteiger partial charge on any atom is 0.134 e. The monoisotopic (exact) mass is 411 g/mol. The van der Waals surface area contributed by atoms with E-state index in [0.717, 1.165) is 32.2 Å². The van der Waals surface area contributed by atoms with E-state index in [4.69, 9.17) is 4.79 Å². The minimum atomic E-state index is 0.141. The summed E-state index contributed by atoms with van der Waals surface area (Å²) in [6, 6.07) is 9.57. The zero-order chi connectivity index (χ0) is 22.6. The highest BCUT2D eigenvalue weighted by Crippen LogP contribution is 2.60. The van der Waals surface area contributed by atoms with E-state index >= 15 is 0 Å². The lowest BCUT2D eigenvalue weighted by molar-refractivity contribution is -0.124. The summed E-state index contributed by atoms with van der Waals surface area (Å²) >= 11 is 0. The number of piperidine rings is 1. The van der Waals surface area contributed by atoms with Crippen molar-refractivity contribution in [2.45, 2.75) is 79.7 Å². The highest BCUT2D eigenvalue weighted by atomic mass is 16.1. The molecule has 2 saturated heterocycles. The fraction of sp³-hybridized carbons (Fsp3) is 0.630. The Morgan fingerprint density at radius 1 is 1.20 bits per heavy atom. The number of Topliss-reactive ketones (excluding diaryl/α,β-unsaturated/α-hetero) is 1. The van der Waals surface area contributed by atoms with Crippen LogP contribution in [0.4, 0.5) is 0 Å². The molecule has 3 heteroatoms. The van der Waals surface area contributed by atoms with Gasteiger partial charge in [-0.3, -0.25) is 9.69 Å². The Bertz CT molecular complexity index is 796. The number of rotatable bonds is 3. The molecule has 0 saturated carbocycles. The van der Waals surface area contributed by atoms with Crippen molar-refractivity contribution in [1.82, 2.24) is 4.90 Å². The molecule has 2 bridgehead atoms. The summed E-state index contributed by atoms with van der Waals surface area (Å²) in [6.45, 7) is 18.7. The smallest absolute Gasteiger partial charge is 0.134 e. The third kappa shape index (κ3) is 3.70. The lowest BCUT2D eigenvalue weighted by Gasteiger charge is -2.54. The third-order valence-corrected chi connectivity index (χ3v) is 7.64. The van der Waals surface area contributed by atoms with Gasteiger partial charge in [-0.2, -0.15) is 0 Å². The topological polar surface area (TPSA) is 37.4 Å². The van der Waals surface area contributed by atoms with E-state index in [1.807, 2.05) is 13.8 Å². The third-order valence-electron chi connectivity index (χ3n) is 7.64. The fourth-order valence-electron chi connectivity index (χ4n) is 6.72. The lowest BCUT2D eigenvalue weighted by atomic mass is 9.54. The number of fused-ring (bicyclic) bond motifs is 1. The zero-order valence-electron chi connectivity index (χ0n) is 20.3. The van der Waals surface area contributed by atoms with E-state index < -0.39 is 0 Å². The molecule has 0 aromatic heterocycles. The van der Waals surface area contributed by atoms with Gasteiger partial charge in [-0.15, -0.1) is 0 Å². The fourth-order valence-corrected chi connectivity index (χ4v) is 6.72. The quantitative estimate of drug-likeness (QED) is 0.469. The Kier molecular flexibility index (Phi) is 8.21. The van der Waals surface area contributed by atoms with Crippen LogP contribution < -0.4 is 0 Å². The van der Waals surface area contributed by atoms with Crippen LogP contribution in [0.3, 0.4) is 0 Å². The van der Waals surface area contributed by atoms with E-state index in [9.17, 15) is 4.79 Å². The van der Waals surface area contributed by atoms with Gasteiger partial charge in [0, 0.05) is 30.5 Å². The molecule has 0 spiro atoms. The molecule has 0 radical (unpaired) electrons. The van der Waals surface area contributed by atoms with Gasteiger partial charge in [0.05, 0.1) is 0 Å². The number of allylic oxidation sites excluding steroid dienone is 1. The minimum Gasteiger partial charge on any atom is -0.304 e. The summed E-state index contributed by atoms with van der Waals surface area (Å²) in [6.07, 6.45) is 2.99. The highest BCUT2D eigenvalue weighted by molar-refractivity contribution is 5.80. The first-order valence-electron chi connectivity index (χ1n) is 11.7. The molecule has 5 atom stereocenters. The minimum absolute atomic E-state index is 0.141. The molecule has 0 amide bonds. The second-order valence-electron chi connectivity index (χ2n) is 8.86. The van der Waals surface area contributed by atoms with Gasteiger partial charge >= 0.3 is 0 Å². The summed E-state index contributed by atoms with van der Waals surface area (Å²) < 4.78 is 0. The van der Waals surface area contributed by atoms with Crippen molar-refractivity contribution < 1.29 is 9.59 Å². The van der Waals surface area contributed by atoms with Gasteiger partial charge in [-0.05, 0) is 63.5 Å². The van der Waals surface area contributed by atoms with E-state index in [-0.39, 0.29) is 11.3 Å². The van der Waals surface area contributed by atoms with E-state index in [1.165, 1.54) is 23.6 Å². The molecule has 5 unspecified atom stereocenters. The molecule has 0 N–H and O–H groups in total. The van der Waals surface area contributed by atoms with Crippen LogP contribution in [0.15, 0.2) is 35.4 Å². The van der Waals surface area contributed by atoms with Gasteiger partial charge in [0.25, 0.3) is 0 Å². The maximum atomic E-state index is 12.4. The van der Waals surface area contributed by atoms with E-state index in [0.29, 0.717) is 23.7 Å². The number of aldehydes is 1. The largest absolute Gasteiger partial charge is 0.304 e. The second kappa shape index (κ2) is 10.0. The van der Waals surface area contributed by atoms with Crippen molar-refractivity contribution in [2.24, 2.45) is 17.8 Å². The van der Waals surface area contributed by atoms with Gasteiger partial charge in [0.15, 0.2) is 0 Å². The standard InChI is InChI=1S/C23H31NO.C2H4O.C2H6/c1-6-20-16(4)18-11-22-23(20,21-10-8-7-9-14(21)2)15(3)12-24(22)13-19(18)17(5)25;1-2-3;1-2/h7-10,15,18-19,22H,6,11-13H2,1-5H3;2H,1H3;1-2H3. The van der Waals surface area contributed by atoms with Crippen molar-refractivity contribution in [1.29, 1.82) is 0 Å². The second-order valence-corrected chi connectivity index (χ2v) is 8.86. The first-order chi connectivity index (χ1) is 14.3. The lowest BCUT2D eigenvalue weighted by Crippen LogP contribution is -2.57. The van der Waals surface area contributed by atoms with Crippen LogP contribution in [0, 0.1) is 24.7 Å². The van der Waals surface area contributed by atoms with Crippen molar-refractivity contribution in [3.05, 3.63) is 46.5 Å². The predicted octanol–water partition coefficient (Wildman–Crippen LogP) is 5.75. The van der Waals surface area contributed by atoms with Gasteiger partial charge in [0.2, 0.25) is 0 Å². The Hall–Kier alpha value is -1.74. The molecule has 1 aromatic rings. The van der Waals surface area contributed by atoms with Crippen LogP contribution >= 0.6 is 0 Å². The molecular weight excluding hydrogens is 370 g/mol. The molecule has 166 valence electrons. The number of carbonyl (C=O) groups is 2.